The van der Waals surface area contributed by atoms with Gasteiger partial charge in [-0.25, -0.2) is 4.79 Å². The van der Waals surface area contributed by atoms with Crippen molar-refractivity contribution in [2.45, 2.75) is 12.5 Å². The number of hydrogen-bond acceptors (Lipinski definition) is 6. The summed E-state index contributed by atoms with van der Waals surface area (Å²) in [4.78, 5) is 22.3. The van der Waals surface area contributed by atoms with E-state index in [-0.39, 0.29) is 48.4 Å². The zero-order valence-corrected chi connectivity index (χ0v) is 12.8. The van der Waals surface area contributed by atoms with E-state index in [1.54, 1.807) is 30.2 Å². The van der Waals surface area contributed by atoms with Crippen LogP contribution in [0.5, 0.6) is 0 Å². The molecule has 1 aromatic rings. The summed E-state index contributed by atoms with van der Waals surface area (Å²) in [5.41, 5.74) is 6.38. The summed E-state index contributed by atoms with van der Waals surface area (Å²) in [6, 6.07) is 6.20. The zero-order chi connectivity index (χ0) is 15.4. The SMILES string of the molecule is COC(=O)CCNC1C(=C=O)C(N)=c2ccccc2=C1O.Cl. The number of rotatable bonds is 4. The number of carbonyl (C=O) groups is 1. The minimum absolute atomic E-state index is 0. The summed E-state index contributed by atoms with van der Waals surface area (Å²) in [5.74, 6) is 1.38. The molecule has 0 saturated carbocycles. The van der Waals surface area contributed by atoms with Crippen LogP contribution in [-0.2, 0) is 14.3 Å². The summed E-state index contributed by atoms with van der Waals surface area (Å²) in [6.07, 6.45) is 0.119. The molecule has 2 rings (SSSR count). The Labute approximate surface area is 133 Å². The number of esters is 1. The third-order valence-electron chi connectivity index (χ3n) is 3.36. The van der Waals surface area contributed by atoms with Crippen LogP contribution in [0.4, 0.5) is 0 Å². The van der Waals surface area contributed by atoms with E-state index in [2.05, 4.69) is 10.1 Å². The quantitative estimate of drug-likeness (QED) is 0.492. The summed E-state index contributed by atoms with van der Waals surface area (Å²) < 4.78 is 4.53. The van der Waals surface area contributed by atoms with E-state index in [1.807, 2.05) is 0 Å². The number of ether oxygens (including phenoxy) is 1. The lowest BCUT2D eigenvalue weighted by Crippen LogP contribution is -2.47. The average molecular weight is 325 g/mol. The van der Waals surface area contributed by atoms with Crippen molar-refractivity contribution < 1.29 is 19.4 Å². The normalized spacial score (nSPS) is 16.4. The fraction of sp³-hybridized carbons (Fsp3) is 0.267. The third-order valence-corrected chi connectivity index (χ3v) is 3.36. The van der Waals surface area contributed by atoms with E-state index in [1.165, 1.54) is 7.11 Å². The van der Waals surface area contributed by atoms with Gasteiger partial charge >= 0.3 is 5.97 Å². The number of hydrogen-bond donors (Lipinski definition) is 3. The van der Waals surface area contributed by atoms with Gasteiger partial charge in [-0.3, -0.25) is 4.79 Å². The lowest BCUT2D eigenvalue weighted by atomic mass is 9.94. The largest absolute Gasteiger partial charge is 0.510 e. The molecule has 0 heterocycles. The molecule has 0 aromatic heterocycles. The van der Waals surface area contributed by atoms with Crippen molar-refractivity contribution in [2.24, 2.45) is 5.73 Å². The van der Waals surface area contributed by atoms with Gasteiger partial charge in [0.25, 0.3) is 0 Å². The van der Waals surface area contributed by atoms with Gasteiger partial charge in [-0.2, -0.15) is 0 Å². The van der Waals surface area contributed by atoms with Gasteiger partial charge in [-0.1, -0.05) is 24.3 Å². The number of nitrogens with two attached hydrogens (primary N) is 1. The standard InChI is InChI=1S/C15H16N2O4.ClH/c1-21-12(19)6-7-17-14-11(8-18)13(16)9-4-2-3-5-10(9)15(14)20;/h2-5,14,17,20H,6-7,16H2,1H3;1H. The maximum absolute atomic E-state index is 11.2. The molecule has 7 heteroatoms. The summed E-state index contributed by atoms with van der Waals surface area (Å²) in [5, 5.41) is 14.4. The molecule has 1 unspecified atom stereocenters. The van der Waals surface area contributed by atoms with Crippen LogP contribution in [0.3, 0.4) is 0 Å². The van der Waals surface area contributed by atoms with Crippen molar-refractivity contribution >= 4 is 35.8 Å². The van der Waals surface area contributed by atoms with Gasteiger partial charge in [0.2, 0.25) is 0 Å². The highest BCUT2D eigenvalue weighted by molar-refractivity contribution is 5.85. The molecule has 118 valence electrons. The van der Waals surface area contributed by atoms with E-state index in [4.69, 9.17) is 5.73 Å². The Bertz CT molecular complexity index is 738. The average Bonchev–Trinajstić information content (AvgIpc) is 2.52. The van der Waals surface area contributed by atoms with E-state index in [9.17, 15) is 14.7 Å². The van der Waals surface area contributed by atoms with E-state index in [0.29, 0.717) is 10.4 Å². The number of carbonyl (C=O) groups excluding carboxylic acids is 2. The summed E-state index contributed by atoms with van der Waals surface area (Å²) in [6.45, 7) is 0.238. The van der Waals surface area contributed by atoms with E-state index in [0.717, 1.165) is 0 Å². The van der Waals surface area contributed by atoms with Crippen LogP contribution >= 0.6 is 12.4 Å². The van der Waals surface area contributed by atoms with Crippen molar-refractivity contribution in [3.63, 3.8) is 0 Å². The Kier molecular flexibility index (Phi) is 6.19. The number of methoxy groups -OCH3 is 1. The predicted octanol–water partition coefficient (Wildman–Crippen LogP) is -0.866. The molecule has 1 aliphatic carbocycles. The second-order valence-electron chi connectivity index (χ2n) is 4.57. The Morgan fingerprint density at radius 2 is 2.05 bits per heavy atom. The third kappa shape index (κ3) is 3.31. The zero-order valence-electron chi connectivity index (χ0n) is 12.0. The molecule has 6 nitrogen and oxygen atoms in total. The van der Waals surface area contributed by atoms with Crippen molar-refractivity contribution in [2.75, 3.05) is 13.7 Å². The molecule has 0 saturated heterocycles. The maximum atomic E-state index is 11.2. The van der Waals surface area contributed by atoms with Crippen LogP contribution in [0, 0.1) is 0 Å². The minimum atomic E-state index is -0.776. The fourth-order valence-electron chi connectivity index (χ4n) is 2.27. The van der Waals surface area contributed by atoms with Crippen LogP contribution in [0.25, 0.3) is 11.5 Å². The molecule has 0 amide bonds. The molecular weight excluding hydrogens is 308 g/mol. The first-order valence-corrected chi connectivity index (χ1v) is 6.43. The van der Waals surface area contributed by atoms with Crippen molar-refractivity contribution in [1.82, 2.24) is 5.32 Å². The van der Waals surface area contributed by atoms with E-state index >= 15 is 0 Å². The highest BCUT2D eigenvalue weighted by Crippen LogP contribution is 2.15. The van der Waals surface area contributed by atoms with Gasteiger partial charge in [0.05, 0.1) is 24.8 Å². The topological polar surface area (TPSA) is 102 Å². The molecule has 1 aliphatic rings. The predicted molar refractivity (Wildman–Crippen MR) is 84.2 cm³/mol. The van der Waals surface area contributed by atoms with Gasteiger partial charge in [0.1, 0.15) is 17.7 Å². The monoisotopic (exact) mass is 324 g/mol. The molecule has 1 aromatic carbocycles. The van der Waals surface area contributed by atoms with Crippen LogP contribution in [0.2, 0.25) is 0 Å². The first kappa shape index (κ1) is 17.8. The molecule has 0 aliphatic heterocycles. The molecule has 0 spiro atoms. The summed E-state index contributed by atoms with van der Waals surface area (Å²) >= 11 is 0. The second kappa shape index (κ2) is 7.66. The van der Waals surface area contributed by atoms with Gasteiger partial charge in [0.15, 0.2) is 0 Å². The lowest BCUT2D eigenvalue weighted by Gasteiger charge is -2.22. The first-order chi connectivity index (χ1) is 10.1. The van der Waals surface area contributed by atoms with Crippen LogP contribution in [0.1, 0.15) is 6.42 Å². The number of aliphatic hydroxyl groups is 1. The molecule has 0 radical (unpaired) electrons. The molecule has 22 heavy (non-hydrogen) atoms. The number of benzene rings is 1. The van der Waals surface area contributed by atoms with E-state index < -0.39 is 6.04 Å². The van der Waals surface area contributed by atoms with Crippen LogP contribution in [0.15, 0.2) is 29.8 Å². The highest BCUT2D eigenvalue weighted by Gasteiger charge is 2.26. The smallest absolute Gasteiger partial charge is 0.306 e. The summed E-state index contributed by atoms with van der Waals surface area (Å²) in [7, 11) is 1.30. The number of aliphatic hydroxyl groups excluding tert-OH is 1. The van der Waals surface area contributed by atoms with Crippen LogP contribution in [-0.4, -0.2) is 36.7 Å². The lowest BCUT2D eigenvalue weighted by molar-refractivity contribution is -0.140. The van der Waals surface area contributed by atoms with Gasteiger partial charge in [-0.05, 0) is 0 Å². The number of fused-ring (bicyclic) bond motifs is 1. The Balaban J connectivity index is 0.00000242. The second-order valence-corrected chi connectivity index (χ2v) is 4.57. The Hall–Kier alpha value is -2.27. The number of nitrogens with one attached hydrogen (secondary N) is 1. The number of halogens is 1. The minimum Gasteiger partial charge on any atom is -0.510 e. The molecule has 0 bridgehead atoms. The van der Waals surface area contributed by atoms with Crippen LogP contribution < -0.4 is 21.5 Å². The first-order valence-electron chi connectivity index (χ1n) is 6.43. The van der Waals surface area contributed by atoms with Crippen molar-refractivity contribution in [3.8, 4) is 0 Å². The maximum Gasteiger partial charge on any atom is 0.306 e. The molecular formula is C15H17ClN2O4. The molecule has 1 atom stereocenters. The highest BCUT2D eigenvalue weighted by atomic mass is 35.5. The van der Waals surface area contributed by atoms with Gasteiger partial charge in [0, 0.05) is 17.0 Å². The molecule has 4 N–H and O–H groups in total. The van der Waals surface area contributed by atoms with Gasteiger partial charge in [-0.15, -0.1) is 12.4 Å². The Morgan fingerprint density at radius 3 is 2.64 bits per heavy atom. The van der Waals surface area contributed by atoms with Gasteiger partial charge < -0.3 is 20.9 Å². The molecule has 0 fully saturated rings. The van der Waals surface area contributed by atoms with Crippen molar-refractivity contribution in [1.29, 1.82) is 0 Å². The Morgan fingerprint density at radius 1 is 1.41 bits per heavy atom. The fourth-order valence-corrected chi connectivity index (χ4v) is 2.27. The van der Waals surface area contributed by atoms with Crippen molar-refractivity contribution in [3.05, 3.63) is 40.3 Å².